The van der Waals surface area contributed by atoms with E-state index >= 15 is 0 Å². The molecule has 4 heteroatoms. The molecule has 2 aliphatic rings. The van der Waals surface area contributed by atoms with Crippen molar-refractivity contribution in [3.8, 4) is 0 Å². The monoisotopic (exact) mass is 278 g/mol. The van der Waals surface area contributed by atoms with Crippen molar-refractivity contribution in [3.63, 3.8) is 0 Å². The van der Waals surface area contributed by atoms with Gasteiger partial charge in [0.25, 0.3) is 0 Å². The van der Waals surface area contributed by atoms with Crippen molar-refractivity contribution >= 4 is 17.2 Å². The van der Waals surface area contributed by atoms with E-state index in [9.17, 15) is 4.79 Å². The molecule has 3 nitrogen and oxygen atoms in total. The Hall–Kier alpha value is -0.870. The molecule has 1 aromatic heterocycles. The van der Waals surface area contributed by atoms with Crippen molar-refractivity contribution in [2.75, 3.05) is 13.6 Å². The normalized spacial score (nSPS) is 30.5. The molecule has 0 aromatic carbocycles. The van der Waals surface area contributed by atoms with Gasteiger partial charge in [-0.1, -0.05) is 12.5 Å². The molecule has 2 N–H and O–H groups in total. The molecule has 1 amide bonds. The fraction of sp³-hybridized carbons (Fsp3) is 0.667. The van der Waals surface area contributed by atoms with Crippen molar-refractivity contribution in [1.82, 2.24) is 4.90 Å². The Morgan fingerprint density at radius 3 is 2.95 bits per heavy atom. The van der Waals surface area contributed by atoms with Crippen LogP contribution in [0.1, 0.15) is 36.6 Å². The standard InChI is InChI=1S/C15H22N2OS/c1-17(9-12-8-10-4-5-11(12)7-10)15(18)14(16)13-3-2-6-19-13/h2-3,6,10-12,14H,4-5,7-9,16H2,1H3. The van der Waals surface area contributed by atoms with Crippen LogP contribution < -0.4 is 5.73 Å². The number of carbonyl (C=O) groups excluding carboxylic acids is 1. The molecule has 2 fully saturated rings. The van der Waals surface area contributed by atoms with Crippen LogP contribution in [0.4, 0.5) is 0 Å². The molecule has 3 rings (SSSR count). The van der Waals surface area contributed by atoms with Crippen molar-refractivity contribution in [2.45, 2.75) is 31.7 Å². The summed E-state index contributed by atoms with van der Waals surface area (Å²) < 4.78 is 0. The van der Waals surface area contributed by atoms with Crippen LogP contribution in [-0.2, 0) is 4.79 Å². The summed E-state index contributed by atoms with van der Waals surface area (Å²) in [5.41, 5.74) is 6.05. The van der Waals surface area contributed by atoms with Gasteiger partial charge in [-0.15, -0.1) is 11.3 Å². The van der Waals surface area contributed by atoms with E-state index < -0.39 is 6.04 Å². The Morgan fingerprint density at radius 2 is 2.37 bits per heavy atom. The first-order valence-electron chi connectivity index (χ1n) is 7.19. The lowest BCUT2D eigenvalue weighted by Gasteiger charge is -2.28. The Labute approximate surface area is 118 Å². The predicted molar refractivity (Wildman–Crippen MR) is 77.8 cm³/mol. The highest BCUT2D eigenvalue weighted by molar-refractivity contribution is 7.10. The zero-order chi connectivity index (χ0) is 13.4. The van der Waals surface area contributed by atoms with Crippen molar-refractivity contribution in [3.05, 3.63) is 22.4 Å². The van der Waals surface area contributed by atoms with Gasteiger partial charge in [0.15, 0.2) is 0 Å². The van der Waals surface area contributed by atoms with Crippen LogP contribution in [-0.4, -0.2) is 24.4 Å². The third-order valence-electron chi connectivity index (χ3n) is 4.88. The molecule has 4 atom stereocenters. The maximum Gasteiger partial charge on any atom is 0.244 e. The maximum absolute atomic E-state index is 12.3. The van der Waals surface area contributed by atoms with E-state index in [0.29, 0.717) is 5.92 Å². The van der Waals surface area contributed by atoms with Gasteiger partial charge in [-0.25, -0.2) is 0 Å². The zero-order valence-corrected chi connectivity index (χ0v) is 12.2. The summed E-state index contributed by atoms with van der Waals surface area (Å²) in [6, 6.07) is 3.41. The van der Waals surface area contributed by atoms with Gasteiger partial charge in [0, 0.05) is 18.5 Å². The second-order valence-corrected chi connectivity index (χ2v) is 7.13. The van der Waals surface area contributed by atoms with Crippen LogP contribution in [0.5, 0.6) is 0 Å². The largest absolute Gasteiger partial charge is 0.344 e. The van der Waals surface area contributed by atoms with Gasteiger partial charge in [-0.05, 0) is 48.5 Å². The summed E-state index contributed by atoms with van der Waals surface area (Å²) in [4.78, 5) is 15.2. The summed E-state index contributed by atoms with van der Waals surface area (Å²) in [6.45, 7) is 0.888. The molecule has 19 heavy (non-hydrogen) atoms. The summed E-state index contributed by atoms with van der Waals surface area (Å²) in [7, 11) is 1.90. The first-order chi connectivity index (χ1) is 9.15. The Kier molecular flexibility index (Phi) is 3.63. The number of rotatable bonds is 4. The molecule has 1 heterocycles. The van der Waals surface area contributed by atoms with Gasteiger partial charge in [-0.3, -0.25) is 4.79 Å². The molecule has 0 radical (unpaired) electrons. The summed E-state index contributed by atoms with van der Waals surface area (Å²) in [5.74, 6) is 2.57. The Morgan fingerprint density at radius 1 is 1.53 bits per heavy atom. The molecule has 2 bridgehead atoms. The van der Waals surface area contributed by atoms with Crippen LogP contribution in [0.25, 0.3) is 0 Å². The minimum atomic E-state index is -0.483. The van der Waals surface area contributed by atoms with Crippen LogP contribution in [0, 0.1) is 17.8 Å². The number of amides is 1. The number of carbonyl (C=O) groups is 1. The summed E-state index contributed by atoms with van der Waals surface area (Å²) in [6.07, 6.45) is 5.49. The highest BCUT2D eigenvalue weighted by Gasteiger charge is 2.40. The van der Waals surface area contributed by atoms with Gasteiger partial charge in [0.2, 0.25) is 5.91 Å². The van der Waals surface area contributed by atoms with Crippen LogP contribution >= 0.6 is 11.3 Å². The zero-order valence-electron chi connectivity index (χ0n) is 11.4. The second-order valence-electron chi connectivity index (χ2n) is 6.15. The smallest absolute Gasteiger partial charge is 0.244 e. The topological polar surface area (TPSA) is 46.3 Å². The summed E-state index contributed by atoms with van der Waals surface area (Å²) in [5, 5.41) is 1.97. The molecule has 2 saturated carbocycles. The number of nitrogens with two attached hydrogens (primary N) is 1. The van der Waals surface area contributed by atoms with E-state index in [0.717, 1.165) is 23.3 Å². The average molecular weight is 278 g/mol. The quantitative estimate of drug-likeness (QED) is 0.920. The molecule has 1 aromatic rings. The molecular weight excluding hydrogens is 256 g/mol. The SMILES string of the molecule is CN(CC1CC2CCC1C2)C(=O)C(N)c1cccs1. The Bertz CT molecular complexity index is 445. The fourth-order valence-electron chi connectivity index (χ4n) is 3.87. The number of hydrogen-bond donors (Lipinski definition) is 1. The van der Waals surface area contributed by atoms with Crippen molar-refractivity contribution in [2.24, 2.45) is 23.5 Å². The second kappa shape index (κ2) is 5.25. The number of thiophene rings is 1. The number of nitrogens with zero attached hydrogens (tertiary/aromatic N) is 1. The van der Waals surface area contributed by atoms with Crippen LogP contribution in [0.3, 0.4) is 0 Å². The Balaban J connectivity index is 1.58. The molecule has 104 valence electrons. The van der Waals surface area contributed by atoms with E-state index in [1.807, 2.05) is 29.5 Å². The van der Waals surface area contributed by atoms with Crippen LogP contribution in [0.15, 0.2) is 17.5 Å². The fourth-order valence-corrected chi connectivity index (χ4v) is 4.59. The average Bonchev–Trinajstić information content (AvgIpc) is 3.13. The van der Waals surface area contributed by atoms with Crippen LogP contribution in [0.2, 0.25) is 0 Å². The van der Waals surface area contributed by atoms with E-state index in [-0.39, 0.29) is 5.91 Å². The minimum Gasteiger partial charge on any atom is -0.344 e. The predicted octanol–water partition coefficient (Wildman–Crippen LogP) is 2.64. The summed E-state index contributed by atoms with van der Waals surface area (Å²) >= 11 is 1.56. The maximum atomic E-state index is 12.3. The van der Waals surface area contributed by atoms with Gasteiger partial charge in [0.05, 0.1) is 0 Å². The first-order valence-corrected chi connectivity index (χ1v) is 8.07. The van der Waals surface area contributed by atoms with E-state index in [1.165, 1.54) is 25.7 Å². The molecule has 0 saturated heterocycles. The van der Waals surface area contributed by atoms with Gasteiger partial charge in [0.1, 0.15) is 6.04 Å². The lowest BCUT2D eigenvalue weighted by atomic mass is 9.88. The van der Waals surface area contributed by atoms with Gasteiger partial charge < -0.3 is 10.6 Å². The minimum absolute atomic E-state index is 0.0604. The van der Waals surface area contributed by atoms with E-state index in [1.54, 1.807) is 11.3 Å². The third-order valence-corrected chi connectivity index (χ3v) is 5.84. The van der Waals surface area contributed by atoms with Gasteiger partial charge >= 0.3 is 0 Å². The molecule has 0 aliphatic heterocycles. The van der Waals surface area contributed by atoms with E-state index in [2.05, 4.69) is 0 Å². The first kappa shape index (κ1) is 13.1. The number of fused-ring (bicyclic) bond motifs is 2. The van der Waals surface area contributed by atoms with Crippen molar-refractivity contribution in [1.29, 1.82) is 0 Å². The highest BCUT2D eigenvalue weighted by Crippen LogP contribution is 2.48. The molecule has 0 spiro atoms. The molecular formula is C15H22N2OS. The highest BCUT2D eigenvalue weighted by atomic mass is 32.1. The molecule has 2 aliphatic carbocycles. The van der Waals surface area contributed by atoms with Gasteiger partial charge in [-0.2, -0.15) is 0 Å². The number of likely N-dealkylation sites (N-methyl/N-ethyl adjacent to an activating group) is 1. The lowest BCUT2D eigenvalue weighted by Crippen LogP contribution is -2.39. The molecule has 4 unspecified atom stereocenters. The third kappa shape index (κ3) is 2.56. The lowest BCUT2D eigenvalue weighted by molar-refractivity contribution is -0.132. The van der Waals surface area contributed by atoms with E-state index in [4.69, 9.17) is 5.73 Å². The number of hydrogen-bond acceptors (Lipinski definition) is 3. The van der Waals surface area contributed by atoms with Crippen molar-refractivity contribution < 1.29 is 4.79 Å².